The van der Waals surface area contributed by atoms with Crippen LogP contribution in [0.15, 0.2) is 42.5 Å². The van der Waals surface area contributed by atoms with Crippen LogP contribution in [0.3, 0.4) is 0 Å². The van der Waals surface area contributed by atoms with Crippen molar-refractivity contribution in [1.82, 2.24) is 0 Å². The molecule has 0 saturated carbocycles. The van der Waals surface area contributed by atoms with E-state index < -0.39 is 5.91 Å². The van der Waals surface area contributed by atoms with Gasteiger partial charge in [-0.15, -0.1) is 0 Å². The van der Waals surface area contributed by atoms with Crippen LogP contribution in [0.5, 0.6) is 0 Å². The van der Waals surface area contributed by atoms with E-state index in [-0.39, 0.29) is 0 Å². The van der Waals surface area contributed by atoms with Crippen molar-refractivity contribution in [2.45, 2.75) is 0 Å². The van der Waals surface area contributed by atoms with E-state index in [1.54, 1.807) is 36.4 Å². The lowest BCUT2D eigenvalue weighted by atomic mass is 10.0. The van der Waals surface area contributed by atoms with Crippen molar-refractivity contribution in [3.63, 3.8) is 0 Å². The number of benzene rings is 2. The van der Waals surface area contributed by atoms with Gasteiger partial charge in [-0.3, -0.25) is 4.79 Å². The summed E-state index contributed by atoms with van der Waals surface area (Å²) in [5.41, 5.74) is 20.0. The molecule has 17 heavy (non-hydrogen) atoms. The largest absolute Gasteiger partial charge is 0.399 e. The van der Waals surface area contributed by atoms with Crippen molar-refractivity contribution in [3.8, 4) is 11.1 Å². The summed E-state index contributed by atoms with van der Waals surface area (Å²) >= 11 is 0. The molecule has 0 aliphatic rings. The molecule has 86 valence electrons. The van der Waals surface area contributed by atoms with Gasteiger partial charge in [0.25, 0.3) is 0 Å². The normalized spacial score (nSPS) is 10.1. The van der Waals surface area contributed by atoms with Gasteiger partial charge in [0, 0.05) is 16.9 Å². The number of primary amides is 1. The topological polar surface area (TPSA) is 95.1 Å². The Hall–Kier alpha value is -2.49. The molecule has 0 unspecified atom stereocenters. The van der Waals surface area contributed by atoms with Gasteiger partial charge in [-0.25, -0.2) is 0 Å². The number of hydrogen-bond donors (Lipinski definition) is 3. The molecule has 0 bridgehead atoms. The summed E-state index contributed by atoms with van der Waals surface area (Å²) in [5.74, 6) is -0.455. The van der Waals surface area contributed by atoms with Crippen LogP contribution in [0.25, 0.3) is 11.1 Å². The second-order valence-corrected chi connectivity index (χ2v) is 3.83. The minimum Gasteiger partial charge on any atom is -0.399 e. The van der Waals surface area contributed by atoms with Gasteiger partial charge in [-0.1, -0.05) is 12.1 Å². The van der Waals surface area contributed by atoms with Gasteiger partial charge >= 0.3 is 0 Å². The summed E-state index contributed by atoms with van der Waals surface area (Å²) < 4.78 is 0. The van der Waals surface area contributed by atoms with Crippen LogP contribution in [0.4, 0.5) is 11.4 Å². The average Bonchev–Trinajstić information content (AvgIpc) is 2.28. The Kier molecular flexibility index (Phi) is 2.70. The molecule has 0 radical (unpaired) electrons. The molecule has 2 aromatic rings. The predicted octanol–water partition coefficient (Wildman–Crippen LogP) is 1.62. The van der Waals surface area contributed by atoms with Gasteiger partial charge < -0.3 is 17.2 Å². The first-order valence-corrected chi connectivity index (χ1v) is 5.12. The lowest BCUT2D eigenvalue weighted by Gasteiger charge is -2.06. The number of hydrogen-bond acceptors (Lipinski definition) is 3. The quantitative estimate of drug-likeness (QED) is 0.680. The molecule has 0 heterocycles. The average molecular weight is 227 g/mol. The zero-order valence-electron chi connectivity index (χ0n) is 9.18. The van der Waals surface area contributed by atoms with Crippen LogP contribution in [-0.4, -0.2) is 5.91 Å². The third kappa shape index (κ3) is 2.36. The molecule has 6 N–H and O–H groups in total. The summed E-state index contributed by atoms with van der Waals surface area (Å²) in [6, 6.07) is 12.3. The molecule has 2 aromatic carbocycles. The Balaban J connectivity index is 2.52. The van der Waals surface area contributed by atoms with Crippen LogP contribution in [0, 0.1) is 0 Å². The maximum absolute atomic E-state index is 11.1. The Morgan fingerprint density at radius 3 is 2.12 bits per heavy atom. The molecule has 1 amide bonds. The summed E-state index contributed by atoms with van der Waals surface area (Å²) in [5, 5.41) is 0. The van der Waals surface area contributed by atoms with Crippen LogP contribution in [0.1, 0.15) is 10.4 Å². The van der Waals surface area contributed by atoms with E-state index in [1.165, 1.54) is 0 Å². The van der Waals surface area contributed by atoms with E-state index >= 15 is 0 Å². The van der Waals surface area contributed by atoms with Crippen LogP contribution >= 0.6 is 0 Å². The summed E-state index contributed by atoms with van der Waals surface area (Å²) in [7, 11) is 0. The van der Waals surface area contributed by atoms with Gasteiger partial charge in [-0.2, -0.15) is 0 Å². The van der Waals surface area contributed by atoms with Gasteiger partial charge in [0.15, 0.2) is 0 Å². The van der Waals surface area contributed by atoms with Crippen LogP contribution in [0.2, 0.25) is 0 Å². The summed E-state index contributed by atoms with van der Waals surface area (Å²) in [6.07, 6.45) is 0. The number of anilines is 2. The Labute approximate surface area is 99.0 Å². The Morgan fingerprint density at radius 2 is 1.53 bits per heavy atom. The Bertz CT molecular complexity index is 558. The van der Waals surface area contributed by atoms with E-state index in [0.29, 0.717) is 16.9 Å². The van der Waals surface area contributed by atoms with Crippen molar-refractivity contribution < 1.29 is 4.79 Å². The molecule has 4 nitrogen and oxygen atoms in total. The highest BCUT2D eigenvalue weighted by atomic mass is 16.1. The van der Waals surface area contributed by atoms with Crippen molar-refractivity contribution in [3.05, 3.63) is 48.0 Å². The van der Waals surface area contributed by atoms with Gasteiger partial charge in [-0.05, 0) is 41.5 Å². The molecule has 0 aromatic heterocycles. The molecule has 0 atom stereocenters. The summed E-state index contributed by atoms with van der Waals surface area (Å²) in [4.78, 5) is 11.1. The van der Waals surface area contributed by atoms with Gasteiger partial charge in [0.1, 0.15) is 0 Å². The van der Waals surface area contributed by atoms with Crippen LogP contribution < -0.4 is 17.2 Å². The molecule has 4 heteroatoms. The van der Waals surface area contributed by atoms with Crippen molar-refractivity contribution >= 4 is 17.3 Å². The maximum Gasteiger partial charge on any atom is 0.248 e. The van der Waals surface area contributed by atoms with Crippen molar-refractivity contribution in [2.75, 3.05) is 11.5 Å². The number of carbonyl (C=O) groups excluding carboxylic acids is 1. The van der Waals surface area contributed by atoms with Crippen LogP contribution in [-0.2, 0) is 0 Å². The maximum atomic E-state index is 11.1. The smallest absolute Gasteiger partial charge is 0.248 e. The number of nitrogens with two attached hydrogens (primary N) is 3. The highest BCUT2D eigenvalue weighted by molar-refractivity contribution is 5.94. The fourth-order valence-corrected chi connectivity index (χ4v) is 1.70. The lowest BCUT2D eigenvalue weighted by Crippen LogP contribution is -2.10. The number of amides is 1. The monoisotopic (exact) mass is 227 g/mol. The molecule has 0 fully saturated rings. The summed E-state index contributed by atoms with van der Waals surface area (Å²) in [6.45, 7) is 0. The first kappa shape index (κ1) is 11.0. The van der Waals surface area contributed by atoms with E-state index in [1.807, 2.05) is 6.07 Å². The first-order valence-electron chi connectivity index (χ1n) is 5.12. The third-order valence-electron chi connectivity index (χ3n) is 2.46. The molecule has 0 aliphatic heterocycles. The third-order valence-corrected chi connectivity index (χ3v) is 2.46. The van der Waals surface area contributed by atoms with E-state index in [9.17, 15) is 4.79 Å². The van der Waals surface area contributed by atoms with E-state index in [4.69, 9.17) is 17.2 Å². The minimum absolute atomic E-state index is 0.455. The fraction of sp³-hybridized carbons (Fsp3) is 0. The number of rotatable bonds is 2. The van der Waals surface area contributed by atoms with Gasteiger partial charge in [0.2, 0.25) is 5.91 Å². The standard InChI is InChI=1S/C13H13N3O/c14-11-5-10(6-12(15)7-11)8-2-1-3-9(4-8)13(16)17/h1-7H,14-15H2,(H2,16,17). The fourth-order valence-electron chi connectivity index (χ4n) is 1.70. The lowest BCUT2D eigenvalue weighted by molar-refractivity contribution is 0.100. The minimum atomic E-state index is -0.455. The first-order chi connectivity index (χ1) is 8.06. The second-order valence-electron chi connectivity index (χ2n) is 3.83. The molecule has 2 rings (SSSR count). The zero-order chi connectivity index (χ0) is 12.4. The predicted molar refractivity (Wildman–Crippen MR) is 69.2 cm³/mol. The van der Waals surface area contributed by atoms with Gasteiger partial charge in [0.05, 0.1) is 0 Å². The van der Waals surface area contributed by atoms with Crippen molar-refractivity contribution in [1.29, 1.82) is 0 Å². The zero-order valence-corrected chi connectivity index (χ0v) is 9.18. The van der Waals surface area contributed by atoms with Crippen molar-refractivity contribution in [2.24, 2.45) is 5.73 Å². The second kappa shape index (κ2) is 4.17. The number of carbonyl (C=O) groups is 1. The molecular formula is C13H13N3O. The highest BCUT2D eigenvalue weighted by Gasteiger charge is 2.04. The molecule has 0 aliphatic carbocycles. The number of nitrogen functional groups attached to an aromatic ring is 2. The molecule has 0 spiro atoms. The SMILES string of the molecule is NC(=O)c1cccc(-c2cc(N)cc(N)c2)c1. The van der Waals surface area contributed by atoms with E-state index in [2.05, 4.69) is 0 Å². The Morgan fingerprint density at radius 1 is 0.882 bits per heavy atom. The van der Waals surface area contributed by atoms with E-state index in [0.717, 1.165) is 11.1 Å². The molecular weight excluding hydrogens is 214 g/mol. The molecule has 0 saturated heterocycles. The highest BCUT2D eigenvalue weighted by Crippen LogP contribution is 2.25.